The second-order valence-electron chi connectivity index (χ2n) is 8.80. The van der Waals surface area contributed by atoms with Gasteiger partial charge in [-0.3, -0.25) is 9.59 Å². The molecule has 37 heavy (non-hydrogen) atoms. The van der Waals surface area contributed by atoms with Crippen LogP contribution >= 0.6 is 11.3 Å². The van der Waals surface area contributed by atoms with Gasteiger partial charge in [0.2, 0.25) is 10.0 Å². The number of nitrogens with two attached hydrogens (primary N) is 1. The number of nitrogens with one attached hydrogen (secondary N) is 1. The minimum atomic E-state index is -3.68. The number of hydrogen-bond donors (Lipinski definition) is 2. The number of carbonyl (C=O) groups excluding carboxylic acids is 3. The van der Waals surface area contributed by atoms with Crippen LogP contribution in [0.15, 0.2) is 29.2 Å². The highest BCUT2D eigenvalue weighted by atomic mass is 32.2. The maximum Gasteiger partial charge on any atom is 0.409 e. The van der Waals surface area contributed by atoms with Gasteiger partial charge in [0.15, 0.2) is 0 Å². The number of fused-ring (bicyclic) bond motifs is 1. The van der Waals surface area contributed by atoms with Crippen molar-refractivity contribution >= 4 is 44.3 Å². The fourth-order valence-corrected chi connectivity index (χ4v) is 6.94. The molecule has 1 aromatic heterocycles. The van der Waals surface area contributed by atoms with E-state index in [-0.39, 0.29) is 22.6 Å². The first-order valence-electron chi connectivity index (χ1n) is 12.3. The molecule has 0 aliphatic carbocycles. The highest BCUT2D eigenvalue weighted by molar-refractivity contribution is 7.89. The molecule has 12 heteroatoms. The Morgan fingerprint density at radius 1 is 1.11 bits per heavy atom. The van der Waals surface area contributed by atoms with Gasteiger partial charge >= 0.3 is 6.09 Å². The van der Waals surface area contributed by atoms with Crippen LogP contribution in [0.4, 0.5) is 9.80 Å². The van der Waals surface area contributed by atoms with Crippen molar-refractivity contribution in [2.75, 3.05) is 32.1 Å². The summed E-state index contributed by atoms with van der Waals surface area (Å²) in [4.78, 5) is 39.5. The van der Waals surface area contributed by atoms with Gasteiger partial charge < -0.3 is 20.7 Å². The van der Waals surface area contributed by atoms with Crippen LogP contribution in [0.1, 0.15) is 70.7 Å². The van der Waals surface area contributed by atoms with E-state index in [2.05, 4.69) is 5.32 Å². The van der Waals surface area contributed by atoms with Crippen LogP contribution in [0, 0.1) is 0 Å². The molecule has 2 heterocycles. The molecule has 3 amide bonds. The zero-order valence-corrected chi connectivity index (χ0v) is 23.0. The predicted octanol–water partition coefficient (Wildman–Crippen LogP) is 3.81. The number of amides is 3. The third-order valence-corrected chi connectivity index (χ3v) is 9.28. The number of ether oxygens (including phenoxy) is 1. The van der Waals surface area contributed by atoms with Gasteiger partial charge in [-0.1, -0.05) is 26.7 Å². The van der Waals surface area contributed by atoms with Crippen molar-refractivity contribution in [1.82, 2.24) is 9.21 Å². The summed E-state index contributed by atoms with van der Waals surface area (Å²) in [5.41, 5.74) is 6.82. The number of carbonyl (C=O) groups is 3. The van der Waals surface area contributed by atoms with Crippen LogP contribution in [-0.2, 0) is 27.7 Å². The Bertz CT molecular complexity index is 1230. The molecule has 1 aliphatic rings. The molecule has 10 nitrogen and oxygen atoms in total. The Balaban J connectivity index is 1.80. The zero-order chi connectivity index (χ0) is 27.2. The molecule has 0 atom stereocenters. The molecule has 3 rings (SSSR count). The molecule has 2 aromatic rings. The maximum atomic E-state index is 13.2. The summed E-state index contributed by atoms with van der Waals surface area (Å²) >= 11 is 1.19. The molecule has 0 unspecified atom stereocenters. The third kappa shape index (κ3) is 6.49. The van der Waals surface area contributed by atoms with Crippen LogP contribution in [-0.4, -0.2) is 62.3 Å². The second-order valence-corrected chi connectivity index (χ2v) is 11.8. The van der Waals surface area contributed by atoms with Gasteiger partial charge in [-0.25, -0.2) is 13.2 Å². The van der Waals surface area contributed by atoms with Crippen LogP contribution in [0.2, 0.25) is 0 Å². The number of rotatable bonds is 11. The van der Waals surface area contributed by atoms with Crippen molar-refractivity contribution < 1.29 is 27.5 Å². The number of primary amides is 1. The molecule has 0 spiro atoms. The van der Waals surface area contributed by atoms with E-state index in [0.717, 1.165) is 30.6 Å². The number of methoxy groups -OCH3 is 1. The van der Waals surface area contributed by atoms with E-state index in [9.17, 15) is 22.8 Å². The van der Waals surface area contributed by atoms with Crippen molar-refractivity contribution in [3.05, 3.63) is 45.8 Å². The number of hydrogen-bond acceptors (Lipinski definition) is 7. The Kier molecular flexibility index (Phi) is 9.68. The largest absolute Gasteiger partial charge is 0.453 e. The Morgan fingerprint density at radius 3 is 2.27 bits per heavy atom. The van der Waals surface area contributed by atoms with E-state index in [1.807, 2.05) is 13.8 Å². The lowest BCUT2D eigenvalue weighted by Gasteiger charge is -2.25. The van der Waals surface area contributed by atoms with Crippen LogP contribution in [0.25, 0.3) is 0 Å². The van der Waals surface area contributed by atoms with Gasteiger partial charge in [-0.05, 0) is 49.1 Å². The summed E-state index contributed by atoms with van der Waals surface area (Å²) in [5.74, 6) is -1.16. The van der Waals surface area contributed by atoms with Gasteiger partial charge in [0.1, 0.15) is 5.00 Å². The summed E-state index contributed by atoms with van der Waals surface area (Å²) in [6.07, 6.45) is 3.26. The molecule has 0 saturated carbocycles. The van der Waals surface area contributed by atoms with E-state index in [0.29, 0.717) is 36.6 Å². The number of anilines is 1. The van der Waals surface area contributed by atoms with Crippen molar-refractivity contribution in [3.8, 4) is 0 Å². The average Bonchev–Trinajstić information content (AvgIpc) is 3.25. The van der Waals surface area contributed by atoms with E-state index in [1.165, 1.54) is 51.9 Å². The zero-order valence-electron chi connectivity index (χ0n) is 21.4. The van der Waals surface area contributed by atoms with Gasteiger partial charge in [-0.15, -0.1) is 11.3 Å². The van der Waals surface area contributed by atoms with Crippen LogP contribution in [0.5, 0.6) is 0 Å². The first kappa shape index (κ1) is 28.6. The number of sulfonamides is 1. The molecule has 1 aromatic carbocycles. The van der Waals surface area contributed by atoms with E-state index < -0.39 is 27.9 Å². The second kappa shape index (κ2) is 12.5. The fraction of sp³-hybridized carbons (Fsp3) is 0.480. The predicted molar refractivity (Wildman–Crippen MR) is 142 cm³/mol. The van der Waals surface area contributed by atoms with E-state index in [1.54, 1.807) is 0 Å². The van der Waals surface area contributed by atoms with Gasteiger partial charge in [0, 0.05) is 30.1 Å². The molecular formula is C25H34N4O6S2. The van der Waals surface area contributed by atoms with E-state index >= 15 is 0 Å². The molecule has 202 valence electrons. The molecule has 3 N–H and O–H groups in total. The monoisotopic (exact) mass is 550 g/mol. The Morgan fingerprint density at radius 2 is 1.73 bits per heavy atom. The minimum absolute atomic E-state index is 0.128. The summed E-state index contributed by atoms with van der Waals surface area (Å²) in [6.45, 7) is 5.55. The summed E-state index contributed by atoms with van der Waals surface area (Å²) < 4.78 is 32.7. The molecular weight excluding hydrogens is 516 g/mol. The summed E-state index contributed by atoms with van der Waals surface area (Å²) in [7, 11) is -2.38. The standard InChI is InChI=1S/C25H34N4O6S2/c1-4-6-13-29(14-7-5-2)37(33,34)18-10-8-17(9-11-18)23(31)27-24-21(22(26)30)19-12-15-28(25(32)35-3)16-20(19)36-24/h8-11H,4-7,12-16H2,1-3H3,(H2,26,30)(H,27,31). The number of unbranched alkanes of at least 4 members (excludes halogenated alkanes) is 2. The molecule has 1 aliphatic heterocycles. The normalized spacial score (nSPS) is 13.4. The lowest BCUT2D eigenvalue weighted by Crippen LogP contribution is -2.35. The topological polar surface area (TPSA) is 139 Å². The van der Waals surface area contributed by atoms with Gasteiger partial charge in [0.05, 0.1) is 24.1 Å². The van der Waals surface area contributed by atoms with Crippen molar-refractivity contribution in [2.24, 2.45) is 5.73 Å². The fourth-order valence-electron chi connectivity index (χ4n) is 4.16. The van der Waals surface area contributed by atoms with Gasteiger partial charge in [-0.2, -0.15) is 4.31 Å². The number of benzene rings is 1. The minimum Gasteiger partial charge on any atom is -0.453 e. The lowest BCUT2D eigenvalue weighted by atomic mass is 10.0. The number of nitrogens with zero attached hydrogens (tertiary/aromatic N) is 2. The smallest absolute Gasteiger partial charge is 0.409 e. The highest BCUT2D eigenvalue weighted by Gasteiger charge is 2.30. The molecule has 0 bridgehead atoms. The van der Waals surface area contributed by atoms with E-state index in [4.69, 9.17) is 10.5 Å². The molecule has 0 fully saturated rings. The Hall–Kier alpha value is -2.96. The first-order valence-corrected chi connectivity index (χ1v) is 14.6. The van der Waals surface area contributed by atoms with Crippen LogP contribution in [0.3, 0.4) is 0 Å². The highest BCUT2D eigenvalue weighted by Crippen LogP contribution is 2.37. The van der Waals surface area contributed by atoms with Crippen molar-refractivity contribution in [3.63, 3.8) is 0 Å². The summed E-state index contributed by atoms with van der Waals surface area (Å²) in [5, 5.41) is 3.05. The molecule has 0 radical (unpaired) electrons. The quantitative estimate of drug-likeness (QED) is 0.436. The first-order chi connectivity index (χ1) is 17.6. The Labute approximate surface area is 221 Å². The maximum absolute atomic E-state index is 13.2. The summed E-state index contributed by atoms with van der Waals surface area (Å²) in [6, 6.07) is 5.77. The van der Waals surface area contributed by atoms with Gasteiger partial charge in [0.25, 0.3) is 11.8 Å². The third-order valence-electron chi connectivity index (χ3n) is 6.24. The van der Waals surface area contributed by atoms with Crippen LogP contribution < -0.4 is 11.1 Å². The lowest BCUT2D eigenvalue weighted by molar-refractivity contribution is 0.0999. The number of thiophene rings is 1. The molecule has 0 saturated heterocycles. The van der Waals surface area contributed by atoms with Crippen molar-refractivity contribution in [1.29, 1.82) is 0 Å². The average molecular weight is 551 g/mol. The van der Waals surface area contributed by atoms with Crippen molar-refractivity contribution in [2.45, 2.75) is 57.4 Å². The SMILES string of the molecule is CCCCN(CCCC)S(=O)(=O)c1ccc(C(=O)Nc2sc3c(c2C(N)=O)CCN(C(=O)OC)C3)cc1.